The van der Waals surface area contributed by atoms with Crippen molar-refractivity contribution in [3.8, 4) is 0 Å². The first-order valence-electron chi connectivity index (χ1n) is 6.29. The van der Waals surface area contributed by atoms with E-state index in [0.29, 0.717) is 31.1 Å². The van der Waals surface area contributed by atoms with Crippen molar-refractivity contribution >= 4 is 10.0 Å². The molecule has 0 saturated heterocycles. The monoisotopic (exact) mass is 286 g/mol. The van der Waals surface area contributed by atoms with Gasteiger partial charge in [-0.1, -0.05) is 18.2 Å². The molecule has 1 N–H and O–H groups in total. The molecule has 1 rings (SSSR count). The zero-order chi connectivity index (χ0) is 14.1. The quantitative estimate of drug-likeness (QED) is 0.686. The fourth-order valence-electron chi connectivity index (χ4n) is 1.41. The molecule has 0 aromatic heterocycles. The van der Waals surface area contributed by atoms with E-state index in [1.165, 1.54) is 0 Å². The summed E-state index contributed by atoms with van der Waals surface area (Å²) in [6.45, 7) is 2.48. The Labute approximate surface area is 115 Å². The molecule has 19 heavy (non-hydrogen) atoms. The van der Waals surface area contributed by atoms with Gasteiger partial charge < -0.3 is 9.64 Å². The zero-order valence-corrected chi connectivity index (χ0v) is 12.3. The maximum Gasteiger partial charge on any atom is 0.240 e. The minimum absolute atomic E-state index is 0.295. The lowest BCUT2D eigenvalue weighted by molar-refractivity contribution is 0.116. The fraction of sp³-hybridized carbons (Fsp3) is 0.538. The van der Waals surface area contributed by atoms with E-state index in [1.54, 1.807) is 30.3 Å². The van der Waals surface area contributed by atoms with Gasteiger partial charge in [-0.2, -0.15) is 0 Å². The number of sulfonamides is 1. The Morgan fingerprint density at radius 3 is 2.47 bits per heavy atom. The average molecular weight is 286 g/mol. The van der Waals surface area contributed by atoms with Gasteiger partial charge in [-0.3, -0.25) is 0 Å². The first kappa shape index (κ1) is 16.1. The van der Waals surface area contributed by atoms with Gasteiger partial charge in [0, 0.05) is 19.7 Å². The lowest BCUT2D eigenvalue weighted by Gasteiger charge is -2.10. The third-order valence-electron chi connectivity index (χ3n) is 2.49. The maximum atomic E-state index is 11.9. The second kappa shape index (κ2) is 8.27. The van der Waals surface area contributed by atoms with Gasteiger partial charge in [0.1, 0.15) is 0 Å². The SMILES string of the molecule is CN(C)CCOCCCNS(=O)(=O)c1ccccc1. The summed E-state index contributed by atoms with van der Waals surface area (Å²) in [4.78, 5) is 2.33. The Balaban J connectivity index is 2.19. The van der Waals surface area contributed by atoms with Crippen molar-refractivity contribution in [1.29, 1.82) is 0 Å². The van der Waals surface area contributed by atoms with Crippen molar-refractivity contribution in [3.05, 3.63) is 30.3 Å². The van der Waals surface area contributed by atoms with Gasteiger partial charge in [-0.25, -0.2) is 13.1 Å². The Hall–Kier alpha value is -0.950. The minimum atomic E-state index is -3.38. The van der Waals surface area contributed by atoms with Crippen molar-refractivity contribution in [1.82, 2.24) is 9.62 Å². The summed E-state index contributed by atoms with van der Waals surface area (Å²) in [7, 11) is 0.587. The van der Waals surface area contributed by atoms with Crippen LogP contribution in [-0.4, -0.2) is 53.7 Å². The lowest BCUT2D eigenvalue weighted by Crippen LogP contribution is -2.26. The van der Waals surface area contributed by atoms with Crippen LogP contribution in [0.2, 0.25) is 0 Å². The summed E-state index contributed by atoms with van der Waals surface area (Å²) < 4.78 is 31.6. The van der Waals surface area contributed by atoms with Crippen molar-refractivity contribution in [2.75, 3.05) is 40.4 Å². The van der Waals surface area contributed by atoms with Gasteiger partial charge >= 0.3 is 0 Å². The van der Waals surface area contributed by atoms with Crippen LogP contribution >= 0.6 is 0 Å². The summed E-state index contributed by atoms with van der Waals surface area (Å²) >= 11 is 0. The molecule has 0 aliphatic carbocycles. The van der Waals surface area contributed by atoms with E-state index in [1.807, 2.05) is 19.0 Å². The van der Waals surface area contributed by atoms with Crippen LogP contribution in [0.25, 0.3) is 0 Å². The van der Waals surface area contributed by atoms with Crippen LogP contribution in [0.4, 0.5) is 0 Å². The molecule has 0 fully saturated rings. The molecular weight excluding hydrogens is 264 g/mol. The number of hydrogen-bond acceptors (Lipinski definition) is 4. The molecular formula is C13H22N2O3S. The molecule has 6 heteroatoms. The zero-order valence-electron chi connectivity index (χ0n) is 11.5. The number of nitrogens with one attached hydrogen (secondary N) is 1. The molecule has 1 aromatic carbocycles. The van der Waals surface area contributed by atoms with Gasteiger partial charge in [-0.05, 0) is 32.6 Å². The van der Waals surface area contributed by atoms with E-state index in [2.05, 4.69) is 4.72 Å². The smallest absolute Gasteiger partial charge is 0.240 e. The Morgan fingerprint density at radius 1 is 1.16 bits per heavy atom. The molecule has 0 saturated carbocycles. The first-order valence-corrected chi connectivity index (χ1v) is 7.78. The number of likely N-dealkylation sites (N-methyl/N-ethyl adjacent to an activating group) is 1. The van der Waals surface area contributed by atoms with Crippen LogP contribution < -0.4 is 4.72 Å². The molecule has 0 radical (unpaired) electrons. The van der Waals surface area contributed by atoms with Gasteiger partial charge in [0.15, 0.2) is 0 Å². The number of nitrogens with zero attached hydrogens (tertiary/aromatic N) is 1. The largest absolute Gasteiger partial charge is 0.380 e. The van der Waals surface area contributed by atoms with E-state index in [4.69, 9.17) is 4.74 Å². The summed E-state index contributed by atoms with van der Waals surface area (Å²) in [5.41, 5.74) is 0. The molecule has 0 aliphatic rings. The summed E-state index contributed by atoms with van der Waals surface area (Å²) in [6.07, 6.45) is 0.666. The van der Waals surface area contributed by atoms with E-state index in [9.17, 15) is 8.42 Å². The van der Waals surface area contributed by atoms with Crippen molar-refractivity contribution in [3.63, 3.8) is 0 Å². The maximum absolute atomic E-state index is 11.9. The molecule has 0 bridgehead atoms. The van der Waals surface area contributed by atoms with Crippen molar-refractivity contribution < 1.29 is 13.2 Å². The second-order valence-corrected chi connectivity index (χ2v) is 6.25. The highest BCUT2D eigenvalue weighted by Crippen LogP contribution is 2.06. The van der Waals surface area contributed by atoms with Crippen LogP contribution in [0.1, 0.15) is 6.42 Å². The summed E-state index contributed by atoms with van der Waals surface area (Å²) in [6, 6.07) is 8.36. The molecule has 0 unspecified atom stereocenters. The van der Waals surface area contributed by atoms with Crippen LogP contribution in [0.15, 0.2) is 35.2 Å². The van der Waals surface area contributed by atoms with Crippen LogP contribution in [0, 0.1) is 0 Å². The van der Waals surface area contributed by atoms with E-state index < -0.39 is 10.0 Å². The highest BCUT2D eigenvalue weighted by molar-refractivity contribution is 7.89. The molecule has 0 amide bonds. The van der Waals surface area contributed by atoms with E-state index >= 15 is 0 Å². The van der Waals surface area contributed by atoms with Crippen LogP contribution in [-0.2, 0) is 14.8 Å². The van der Waals surface area contributed by atoms with Crippen LogP contribution in [0.5, 0.6) is 0 Å². The second-order valence-electron chi connectivity index (χ2n) is 4.48. The Bertz CT molecular complexity index is 446. The number of rotatable bonds is 9. The highest BCUT2D eigenvalue weighted by Gasteiger charge is 2.11. The third-order valence-corrected chi connectivity index (χ3v) is 3.97. The normalized spacial score (nSPS) is 11.9. The van der Waals surface area contributed by atoms with Crippen molar-refractivity contribution in [2.45, 2.75) is 11.3 Å². The lowest BCUT2D eigenvalue weighted by atomic mass is 10.4. The molecule has 0 heterocycles. The Morgan fingerprint density at radius 2 is 1.84 bits per heavy atom. The van der Waals surface area contributed by atoms with E-state index in [-0.39, 0.29) is 0 Å². The van der Waals surface area contributed by atoms with Crippen molar-refractivity contribution in [2.24, 2.45) is 0 Å². The molecule has 5 nitrogen and oxygen atoms in total. The average Bonchev–Trinajstić information content (AvgIpc) is 2.38. The molecule has 108 valence electrons. The number of hydrogen-bond donors (Lipinski definition) is 1. The summed E-state index contributed by atoms with van der Waals surface area (Å²) in [5.74, 6) is 0. The number of benzene rings is 1. The Kier molecular flexibility index (Phi) is 7.01. The fourth-order valence-corrected chi connectivity index (χ4v) is 2.51. The third kappa shape index (κ3) is 6.68. The molecule has 1 aromatic rings. The van der Waals surface area contributed by atoms with Gasteiger partial charge in [0.25, 0.3) is 0 Å². The van der Waals surface area contributed by atoms with E-state index in [0.717, 1.165) is 6.54 Å². The van der Waals surface area contributed by atoms with Crippen LogP contribution in [0.3, 0.4) is 0 Å². The van der Waals surface area contributed by atoms with Gasteiger partial charge in [-0.15, -0.1) is 0 Å². The molecule has 0 spiro atoms. The number of ether oxygens (including phenoxy) is 1. The van der Waals surface area contributed by atoms with Gasteiger partial charge in [0.2, 0.25) is 10.0 Å². The first-order chi connectivity index (χ1) is 9.02. The predicted molar refractivity (Wildman–Crippen MR) is 75.6 cm³/mol. The standard InChI is InChI=1S/C13H22N2O3S/c1-15(2)10-12-18-11-6-9-14-19(16,17)13-7-4-3-5-8-13/h3-5,7-8,14H,6,9-12H2,1-2H3. The topological polar surface area (TPSA) is 58.6 Å². The molecule has 0 atom stereocenters. The summed E-state index contributed by atoms with van der Waals surface area (Å²) in [5, 5.41) is 0. The van der Waals surface area contributed by atoms with Gasteiger partial charge in [0.05, 0.1) is 11.5 Å². The minimum Gasteiger partial charge on any atom is -0.380 e. The highest BCUT2D eigenvalue weighted by atomic mass is 32.2. The molecule has 0 aliphatic heterocycles. The predicted octanol–water partition coefficient (Wildman–Crippen LogP) is 0.933.